The second kappa shape index (κ2) is 11.5. The number of para-hydroxylation sites is 1. The Morgan fingerprint density at radius 2 is 1.59 bits per heavy atom. The fraction of sp³-hybridized carbons (Fsp3) is 0.192. The summed E-state index contributed by atoms with van der Waals surface area (Å²) in [5, 5.41) is 6.90. The third kappa shape index (κ3) is 6.54. The molecule has 164 valence electrons. The van der Waals surface area contributed by atoms with Crippen LogP contribution in [-0.4, -0.2) is 24.1 Å². The quantitative estimate of drug-likeness (QED) is 0.380. The Labute approximate surface area is 188 Å². The number of nitrogens with one attached hydrogen (secondary N) is 2. The summed E-state index contributed by atoms with van der Waals surface area (Å²) in [4.78, 5) is 25.3. The van der Waals surface area contributed by atoms with Gasteiger partial charge in [0.15, 0.2) is 0 Å². The van der Waals surface area contributed by atoms with E-state index in [0.717, 1.165) is 17.7 Å². The molecule has 2 N–H and O–H groups in total. The number of rotatable bonds is 9. The molecular formula is C26H27N3O3. The number of hydrazone groups is 1. The summed E-state index contributed by atoms with van der Waals surface area (Å²) in [7, 11) is 0. The van der Waals surface area contributed by atoms with Crippen molar-refractivity contribution in [1.82, 2.24) is 10.7 Å². The van der Waals surface area contributed by atoms with Gasteiger partial charge in [-0.2, -0.15) is 5.10 Å². The molecule has 32 heavy (non-hydrogen) atoms. The highest BCUT2D eigenvalue weighted by molar-refractivity contribution is 5.97. The maximum absolute atomic E-state index is 12.7. The van der Waals surface area contributed by atoms with E-state index in [-0.39, 0.29) is 17.7 Å². The third-order valence-corrected chi connectivity index (χ3v) is 5.04. The van der Waals surface area contributed by atoms with E-state index in [1.807, 2.05) is 74.5 Å². The summed E-state index contributed by atoms with van der Waals surface area (Å²) >= 11 is 0. The van der Waals surface area contributed by atoms with Crippen molar-refractivity contribution in [3.05, 3.63) is 96.1 Å². The summed E-state index contributed by atoms with van der Waals surface area (Å²) in [6.45, 7) is 3.89. The normalized spacial score (nSPS) is 12.7. The average molecular weight is 430 g/mol. The molecule has 2 atom stereocenters. The molecule has 0 aliphatic rings. The Bertz CT molecular complexity index is 1050. The molecule has 0 unspecified atom stereocenters. The van der Waals surface area contributed by atoms with E-state index in [0.29, 0.717) is 11.3 Å². The van der Waals surface area contributed by atoms with Crippen LogP contribution in [0.15, 0.2) is 90.0 Å². The van der Waals surface area contributed by atoms with Crippen LogP contribution in [-0.2, 0) is 4.79 Å². The Morgan fingerprint density at radius 3 is 2.28 bits per heavy atom. The number of benzene rings is 3. The van der Waals surface area contributed by atoms with E-state index in [1.54, 1.807) is 30.5 Å². The molecule has 0 heterocycles. The van der Waals surface area contributed by atoms with Gasteiger partial charge in [-0.25, -0.2) is 5.43 Å². The molecule has 0 spiro atoms. The molecule has 6 heteroatoms. The van der Waals surface area contributed by atoms with Gasteiger partial charge in [-0.1, -0.05) is 68.8 Å². The van der Waals surface area contributed by atoms with Crippen LogP contribution in [0.4, 0.5) is 0 Å². The molecule has 3 aromatic rings. The number of hydrogen-bond donors (Lipinski definition) is 2. The molecule has 0 saturated carbocycles. The minimum atomic E-state index is -0.697. The fourth-order valence-electron chi connectivity index (χ4n) is 3.04. The smallest absolute Gasteiger partial charge is 0.262 e. The van der Waals surface area contributed by atoms with E-state index in [4.69, 9.17) is 4.74 Å². The van der Waals surface area contributed by atoms with E-state index < -0.39 is 6.04 Å². The standard InChI is InChI=1S/C26H27N3O3/c1-3-19(2)24(28-25(30)21-12-6-4-7-13-21)26(31)29-27-18-20-11-10-16-23(17-20)32-22-14-8-5-9-15-22/h4-19,24H,3H2,1-2H3,(H,28,30)(H,29,31)/t19-,24+/m0/s1. The predicted octanol–water partition coefficient (Wildman–Crippen LogP) is 4.77. The Balaban J connectivity index is 1.63. The Morgan fingerprint density at radius 1 is 0.938 bits per heavy atom. The minimum absolute atomic E-state index is 0.0551. The van der Waals surface area contributed by atoms with Crippen LogP contribution in [0.2, 0.25) is 0 Å². The zero-order valence-electron chi connectivity index (χ0n) is 18.2. The van der Waals surface area contributed by atoms with Crippen LogP contribution in [0.1, 0.15) is 36.2 Å². The zero-order chi connectivity index (χ0) is 22.8. The fourth-order valence-corrected chi connectivity index (χ4v) is 3.04. The molecule has 0 aliphatic heterocycles. The zero-order valence-corrected chi connectivity index (χ0v) is 18.2. The molecule has 0 saturated heterocycles. The van der Waals surface area contributed by atoms with Crippen molar-refractivity contribution in [3.8, 4) is 11.5 Å². The van der Waals surface area contributed by atoms with Crippen LogP contribution in [0.5, 0.6) is 11.5 Å². The maximum atomic E-state index is 12.7. The van der Waals surface area contributed by atoms with Gasteiger partial charge in [0.05, 0.1) is 6.21 Å². The largest absolute Gasteiger partial charge is 0.457 e. The van der Waals surface area contributed by atoms with E-state index in [2.05, 4.69) is 15.8 Å². The van der Waals surface area contributed by atoms with E-state index >= 15 is 0 Å². The second-order valence-corrected chi connectivity index (χ2v) is 7.42. The lowest BCUT2D eigenvalue weighted by Gasteiger charge is -2.22. The highest BCUT2D eigenvalue weighted by atomic mass is 16.5. The van der Waals surface area contributed by atoms with Crippen molar-refractivity contribution < 1.29 is 14.3 Å². The first-order valence-electron chi connectivity index (χ1n) is 10.6. The van der Waals surface area contributed by atoms with Crippen LogP contribution >= 0.6 is 0 Å². The van der Waals surface area contributed by atoms with Crippen LogP contribution in [0.25, 0.3) is 0 Å². The number of nitrogens with zero attached hydrogens (tertiary/aromatic N) is 1. The highest BCUT2D eigenvalue weighted by Gasteiger charge is 2.26. The average Bonchev–Trinajstić information content (AvgIpc) is 2.83. The lowest BCUT2D eigenvalue weighted by molar-refractivity contribution is -0.124. The van der Waals surface area contributed by atoms with Gasteiger partial charge in [0.1, 0.15) is 17.5 Å². The molecule has 3 rings (SSSR count). The van der Waals surface area contributed by atoms with Crippen molar-refractivity contribution in [2.24, 2.45) is 11.0 Å². The second-order valence-electron chi connectivity index (χ2n) is 7.42. The molecule has 6 nitrogen and oxygen atoms in total. The summed E-state index contributed by atoms with van der Waals surface area (Å²) in [6.07, 6.45) is 2.28. The number of ether oxygens (including phenoxy) is 1. The predicted molar refractivity (Wildman–Crippen MR) is 126 cm³/mol. The number of amides is 2. The van der Waals surface area contributed by atoms with Crippen molar-refractivity contribution in [3.63, 3.8) is 0 Å². The van der Waals surface area contributed by atoms with Crippen LogP contribution < -0.4 is 15.5 Å². The maximum Gasteiger partial charge on any atom is 0.262 e. The van der Waals surface area contributed by atoms with Gasteiger partial charge in [0, 0.05) is 5.56 Å². The summed E-state index contributed by atoms with van der Waals surface area (Å²) < 4.78 is 5.82. The Hall–Kier alpha value is -3.93. The van der Waals surface area contributed by atoms with Crippen LogP contribution in [0.3, 0.4) is 0 Å². The van der Waals surface area contributed by atoms with Crippen molar-refractivity contribution in [2.45, 2.75) is 26.3 Å². The molecule has 3 aromatic carbocycles. The molecule has 0 fully saturated rings. The highest BCUT2D eigenvalue weighted by Crippen LogP contribution is 2.21. The molecule has 2 amide bonds. The summed E-state index contributed by atoms with van der Waals surface area (Å²) in [5.74, 6) is 0.692. The first-order valence-corrected chi connectivity index (χ1v) is 10.6. The number of carbonyl (C=O) groups excluding carboxylic acids is 2. The van der Waals surface area contributed by atoms with Gasteiger partial charge in [-0.05, 0) is 47.9 Å². The SMILES string of the molecule is CC[C@H](C)[C@@H](NC(=O)c1ccccc1)C(=O)NN=Cc1cccc(Oc2ccccc2)c1. The third-order valence-electron chi connectivity index (χ3n) is 5.04. The van der Waals surface area contributed by atoms with Gasteiger partial charge in [0.2, 0.25) is 0 Å². The van der Waals surface area contributed by atoms with Gasteiger partial charge in [0.25, 0.3) is 11.8 Å². The van der Waals surface area contributed by atoms with Crippen molar-refractivity contribution in [1.29, 1.82) is 0 Å². The van der Waals surface area contributed by atoms with E-state index in [1.165, 1.54) is 0 Å². The van der Waals surface area contributed by atoms with Crippen LogP contribution in [0, 0.1) is 5.92 Å². The first kappa shape index (κ1) is 22.7. The first-order chi connectivity index (χ1) is 15.6. The number of carbonyl (C=O) groups is 2. The molecule has 0 radical (unpaired) electrons. The van der Waals surface area contributed by atoms with Gasteiger partial charge < -0.3 is 10.1 Å². The van der Waals surface area contributed by atoms with Gasteiger partial charge in [-0.3, -0.25) is 9.59 Å². The molecule has 0 aliphatic carbocycles. The lowest BCUT2D eigenvalue weighted by atomic mass is 9.98. The molecule has 0 bridgehead atoms. The molecular weight excluding hydrogens is 402 g/mol. The number of hydrogen-bond acceptors (Lipinski definition) is 4. The van der Waals surface area contributed by atoms with Gasteiger partial charge >= 0.3 is 0 Å². The van der Waals surface area contributed by atoms with Crippen molar-refractivity contribution >= 4 is 18.0 Å². The minimum Gasteiger partial charge on any atom is -0.457 e. The van der Waals surface area contributed by atoms with Crippen molar-refractivity contribution in [2.75, 3.05) is 0 Å². The summed E-state index contributed by atoms with van der Waals surface area (Å²) in [6, 6.07) is 25.0. The van der Waals surface area contributed by atoms with Gasteiger partial charge in [-0.15, -0.1) is 0 Å². The monoisotopic (exact) mass is 429 g/mol. The van der Waals surface area contributed by atoms with E-state index in [9.17, 15) is 9.59 Å². The summed E-state index contributed by atoms with van der Waals surface area (Å²) in [5.41, 5.74) is 3.82. The lowest BCUT2D eigenvalue weighted by Crippen LogP contribution is -2.49. The topological polar surface area (TPSA) is 79.8 Å². The Kier molecular flexibility index (Phi) is 8.15. The molecule has 0 aromatic heterocycles.